The van der Waals surface area contributed by atoms with E-state index in [9.17, 15) is 13.7 Å². The van der Waals surface area contributed by atoms with Crippen LogP contribution in [0.5, 0.6) is 0 Å². The minimum Gasteiger partial charge on any atom is -0.353 e. The van der Waals surface area contributed by atoms with Crippen LogP contribution in [0.1, 0.15) is 65.0 Å². The molecule has 2 aromatic rings. The molecule has 1 N–H and O–H groups in total. The molecule has 11 heteroatoms. The van der Waals surface area contributed by atoms with Gasteiger partial charge in [-0.15, -0.1) is 0 Å². The van der Waals surface area contributed by atoms with Crippen molar-refractivity contribution in [2.24, 2.45) is 0 Å². The summed E-state index contributed by atoms with van der Waals surface area (Å²) in [5, 5.41) is 10.5. The lowest BCUT2D eigenvalue weighted by Gasteiger charge is -2.47. The molecule has 0 spiro atoms. The topological polar surface area (TPSA) is 92.6 Å². The van der Waals surface area contributed by atoms with E-state index in [-0.39, 0.29) is 0 Å². The zero-order chi connectivity index (χ0) is 29.9. The number of benzene rings is 1. The summed E-state index contributed by atoms with van der Waals surface area (Å²) in [4.78, 5) is 11.7. The standard InChI is InChI=1S/C25H32Cl2N6O2S.2C2H6/c1-3-22-17-32(25-24(27)13-21(15-29-25)30-36(2,34)35)10-11-33(22)23-6-8-31(9-7-23)16-18-4-5-20(26)12-19(18)14-28;2*1-2/h4-5,12-13,15,22-23,30H,3,6-11,16-17H2,1-2H3;2*1-2H3. The first-order chi connectivity index (χ1) is 19.2. The molecule has 1 unspecified atom stereocenters. The Morgan fingerprint density at radius 3 is 2.33 bits per heavy atom. The number of halogens is 2. The third-order valence-electron chi connectivity index (χ3n) is 7.04. The van der Waals surface area contributed by atoms with E-state index < -0.39 is 10.0 Å². The maximum Gasteiger partial charge on any atom is 0.229 e. The minimum absolute atomic E-state index is 0.365. The molecule has 2 aliphatic rings. The number of sulfonamides is 1. The summed E-state index contributed by atoms with van der Waals surface area (Å²) in [7, 11) is -3.38. The number of likely N-dealkylation sites (tertiary alicyclic amines) is 1. The molecule has 222 valence electrons. The Balaban J connectivity index is 0.00000134. The van der Waals surface area contributed by atoms with Crippen LogP contribution in [-0.2, 0) is 16.6 Å². The lowest BCUT2D eigenvalue weighted by Crippen LogP contribution is -2.58. The number of piperazine rings is 1. The molecular formula is C29H44Cl2N6O2S. The van der Waals surface area contributed by atoms with Crippen molar-refractivity contribution < 1.29 is 8.42 Å². The molecule has 1 aromatic carbocycles. The zero-order valence-electron chi connectivity index (χ0n) is 24.6. The first-order valence-corrected chi connectivity index (χ1v) is 16.9. The summed E-state index contributed by atoms with van der Waals surface area (Å²) in [6.07, 6.45) is 5.83. The van der Waals surface area contributed by atoms with Gasteiger partial charge in [-0.2, -0.15) is 5.26 Å². The highest BCUT2D eigenvalue weighted by molar-refractivity contribution is 7.92. The van der Waals surface area contributed by atoms with Gasteiger partial charge in [0.15, 0.2) is 0 Å². The van der Waals surface area contributed by atoms with Crippen LogP contribution in [-0.4, -0.2) is 74.3 Å². The third-order valence-corrected chi connectivity index (χ3v) is 8.16. The number of nitriles is 1. The molecule has 2 aliphatic heterocycles. The molecule has 3 heterocycles. The Labute approximate surface area is 251 Å². The number of nitrogens with one attached hydrogen (secondary N) is 1. The van der Waals surface area contributed by atoms with Crippen molar-refractivity contribution in [3.05, 3.63) is 51.6 Å². The number of aromatic nitrogens is 1. The van der Waals surface area contributed by atoms with Crippen LogP contribution in [0.15, 0.2) is 30.5 Å². The third kappa shape index (κ3) is 9.49. The fraction of sp³-hybridized carbons (Fsp3) is 0.586. The molecule has 0 bridgehead atoms. The predicted octanol–water partition coefficient (Wildman–Crippen LogP) is 6.25. The summed E-state index contributed by atoms with van der Waals surface area (Å²) in [5.41, 5.74) is 2.05. The lowest BCUT2D eigenvalue weighted by atomic mass is 9.97. The highest BCUT2D eigenvalue weighted by Gasteiger charge is 2.34. The summed E-state index contributed by atoms with van der Waals surface area (Å²) in [6, 6.07) is 10.4. The van der Waals surface area contributed by atoms with Gasteiger partial charge in [-0.3, -0.25) is 14.5 Å². The smallest absolute Gasteiger partial charge is 0.229 e. The van der Waals surface area contributed by atoms with E-state index in [1.54, 1.807) is 12.1 Å². The van der Waals surface area contributed by atoms with E-state index in [1.165, 1.54) is 6.20 Å². The molecule has 8 nitrogen and oxygen atoms in total. The number of piperidine rings is 1. The van der Waals surface area contributed by atoms with Gasteiger partial charge in [-0.25, -0.2) is 13.4 Å². The molecular weight excluding hydrogens is 567 g/mol. The number of hydrogen-bond acceptors (Lipinski definition) is 7. The SMILES string of the molecule is CC.CC.CCC1CN(c2ncc(NS(C)(=O)=O)cc2Cl)CCN1C1CCN(Cc2ccc(Cl)cc2C#N)CC1. The van der Waals surface area contributed by atoms with Gasteiger partial charge in [0.25, 0.3) is 0 Å². The minimum atomic E-state index is -3.38. The molecule has 2 saturated heterocycles. The van der Waals surface area contributed by atoms with Gasteiger partial charge in [0, 0.05) is 43.3 Å². The fourth-order valence-corrected chi connectivity index (χ4v) is 6.28. The first kappa shape index (κ1) is 34.1. The van der Waals surface area contributed by atoms with Crippen LogP contribution in [0.2, 0.25) is 10.0 Å². The molecule has 4 rings (SSSR count). The summed E-state index contributed by atoms with van der Waals surface area (Å²) in [6.45, 7) is 15.6. The van der Waals surface area contributed by atoms with Gasteiger partial charge < -0.3 is 4.90 Å². The van der Waals surface area contributed by atoms with Crippen molar-refractivity contribution in [1.29, 1.82) is 5.26 Å². The van der Waals surface area contributed by atoms with Crippen molar-refractivity contribution in [2.45, 2.75) is 72.5 Å². The second-order valence-corrected chi connectivity index (χ2v) is 12.2. The molecule has 0 aliphatic carbocycles. The number of rotatable bonds is 7. The number of hydrogen-bond donors (Lipinski definition) is 1. The predicted molar refractivity (Wildman–Crippen MR) is 168 cm³/mol. The van der Waals surface area contributed by atoms with Crippen LogP contribution in [0.3, 0.4) is 0 Å². The van der Waals surface area contributed by atoms with E-state index in [0.29, 0.717) is 39.2 Å². The quantitative estimate of drug-likeness (QED) is 0.396. The molecule has 2 fully saturated rings. The number of pyridine rings is 1. The van der Waals surface area contributed by atoms with E-state index in [0.717, 1.165) is 70.4 Å². The average Bonchev–Trinajstić information content (AvgIpc) is 2.95. The van der Waals surface area contributed by atoms with Gasteiger partial charge in [-0.05, 0) is 56.1 Å². The van der Waals surface area contributed by atoms with E-state index in [1.807, 2.05) is 39.8 Å². The van der Waals surface area contributed by atoms with Crippen molar-refractivity contribution in [3.63, 3.8) is 0 Å². The molecule has 0 radical (unpaired) electrons. The van der Waals surface area contributed by atoms with Crippen molar-refractivity contribution in [3.8, 4) is 6.07 Å². The normalized spacial score (nSPS) is 18.6. The number of anilines is 2. The van der Waals surface area contributed by atoms with Crippen LogP contribution >= 0.6 is 23.2 Å². The van der Waals surface area contributed by atoms with Crippen molar-refractivity contribution in [2.75, 3.05) is 48.6 Å². The first-order valence-electron chi connectivity index (χ1n) is 14.2. The maximum atomic E-state index is 11.5. The van der Waals surface area contributed by atoms with Crippen LogP contribution < -0.4 is 9.62 Å². The average molecular weight is 612 g/mol. The van der Waals surface area contributed by atoms with Gasteiger partial charge >= 0.3 is 0 Å². The Kier molecular flexibility index (Phi) is 14.0. The Morgan fingerprint density at radius 1 is 1.07 bits per heavy atom. The van der Waals surface area contributed by atoms with Crippen LogP contribution in [0.4, 0.5) is 11.5 Å². The second kappa shape index (κ2) is 16.4. The fourth-order valence-electron chi connectivity index (χ4n) is 5.28. The largest absolute Gasteiger partial charge is 0.353 e. The van der Waals surface area contributed by atoms with Crippen LogP contribution in [0.25, 0.3) is 0 Å². The Hall–Kier alpha value is -2.09. The Bertz CT molecular complexity index is 1230. The zero-order valence-corrected chi connectivity index (χ0v) is 27.0. The monoisotopic (exact) mass is 610 g/mol. The van der Waals surface area contributed by atoms with E-state index in [2.05, 4.69) is 37.4 Å². The molecule has 1 atom stereocenters. The van der Waals surface area contributed by atoms with Gasteiger partial charge in [0.1, 0.15) is 5.82 Å². The van der Waals surface area contributed by atoms with Gasteiger partial charge in [-0.1, -0.05) is 63.9 Å². The number of nitrogens with zero attached hydrogens (tertiary/aromatic N) is 5. The summed E-state index contributed by atoms with van der Waals surface area (Å²) >= 11 is 12.5. The lowest BCUT2D eigenvalue weighted by molar-refractivity contribution is 0.0610. The maximum absolute atomic E-state index is 11.5. The van der Waals surface area contributed by atoms with E-state index >= 15 is 0 Å². The molecule has 40 heavy (non-hydrogen) atoms. The van der Waals surface area contributed by atoms with Crippen molar-refractivity contribution >= 4 is 44.7 Å². The molecule has 0 saturated carbocycles. The highest BCUT2D eigenvalue weighted by Crippen LogP contribution is 2.31. The molecule has 0 amide bonds. The summed E-state index contributed by atoms with van der Waals surface area (Å²) < 4.78 is 25.4. The van der Waals surface area contributed by atoms with Gasteiger partial charge in [0.05, 0.1) is 34.8 Å². The highest BCUT2D eigenvalue weighted by atomic mass is 35.5. The van der Waals surface area contributed by atoms with E-state index in [4.69, 9.17) is 23.2 Å². The Morgan fingerprint density at radius 2 is 1.75 bits per heavy atom. The van der Waals surface area contributed by atoms with Gasteiger partial charge in [0.2, 0.25) is 10.0 Å². The molecule has 1 aromatic heterocycles. The summed E-state index contributed by atoms with van der Waals surface area (Å²) in [5.74, 6) is 0.694. The second-order valence-electron chi connectivity index (χ2n) is 9.57. The van der Waals surface area contributed by atoms with Crippen LogP contribution in [0, 0.1) is 11.3 Å². The van der Waals surface area contributed by atoms with Crippen molar-refractivity contribution in [1.82, 2.24) is 14.8 Å².